The molecule has 64 heavy (non-hydrogen) atoms. The number of para-hydroxylation sites is 2. The average molecular weight is 877 g/mol. The van der Waals surface area contributed by atoms with Gasteiger partial charge in [-0.1, -0.05) is 138 Å². The fourth-order valence-electron chi connectivity index (χ4n) is 7.56. The third-order valence-corrected chi connectivity index (χ3v) is 12.1. The molecule has 0 unspecified atom stereocenters. The predicted molar refractivity (Wildman–Crippen MR) is 268 cm³/mol. The molecule has 0 fully saturated rings. The maximum absolute atomic E-state index is 14.4. The zero-order valence-electron chi connectivity index (χ0n) is 37.4. The van der Waals surface area contributed by atoms with Crippen molar-refractivity contribution in [2.75, 3.05) is 48.2 Å². The van der Waals surface area contributed by atoms with Crippen LogP contribution in [-0.4, -0.2) is 49.9 Å². The standard InChI is InChI=1S/C54H60N4O5S/c1-5-6-7-8-9-10-11-12-13-16-37-58(49-23-18-21-46-45(49)35-36-47(51(46)59)53(61)56-48-22-14-15-24-50(48)63-4)54(62)64-44-20-17-19-41(38-44)52(60)55-42-31-27-39(28-32-42)25-26-40-29-33-43(34-30-40)57(2)3/h14-15,17-36,38,59H,5-13,16,37H2,1-4H3,(H,55,60)(H,56,61). The summed E-state index contributed by atoms with van der Waals surface area (Å²) in [5, 5.41) is 18.2. The minimum Gasteiger partial charge on any atom is -0.506 e. The molecule has 10 heteroatoms. The first-order valence-corrected chi connectivity index (χ1v) is 23.1. The Kier molecular flexibility index (Phi) is 17.5. The Morgan fingerprint density at radius 3 is 1.97 bits per heavy atom. The van der Waals surface area contributed by atoms with E-state index in [1.165, 1.54) is 52.1 Å². The Balaban J connectivity index is 1.15. The summed E-state index contributed by atoms with van der Waals surface area (Å²) in [5.41, 5.74) is 5.55. The van der Waals surface area contributed by atoms with E-state index >= 15 is 0 Å². The van der Waals surface area contributed by atoms with E-state index in [1.807, 2.05) is 62.6 Å². The number of hydrogen-bond acceptors (Lipinski definition) is 7. The molecule has 0 saturated carbocycles. The molecule has 0 bridgehead atoms. The number of hydrogen-bond donors (Lipinski definition) is 3. The lowest BCUT2D eigenvalue weighted by Gasteiger charge is -2.24. The van der Waals surface area contributed by atoms with E-state index in [1.54, 1.807) is 65.6 Å². The Morgan fingerprint density at radius 1 is 0.656 bits per heavy atom. The van der Waals surface area contributed by atoms with Crippen molar-refractivity contribution in [3.05, 3.63) is 150 Å². The molecule has 3 amide bonds. The SMILES string of the molecule is CCCCCCCCCCCCN(C(=O)Sc1cccc(C(=O)Nc2ccc(C=Cc3ccc(N(C)C)cc3)cc2)c1)c1cccc2c(O)c(C(=O)Nc3ccccc3OC)ccc12. The Bertz CT molecular complexity index is 2520. The van der Waals surface area contributed by atoms with E-state index in [-0.39, 0.29) is 22.5 Å². The number of phenolic OH excluding ortho intramolecular Hbond substituents is 1. The van der Waals surface area contributed by atoms with Gasteiger partial charge in [0.15, 0.2) is 0 Å². The maximum Gasteiger partial charge on any atom is 0.290 e. The van der Waals surface area contributed by atoms with Gasteiger partial charge < -0.3 is 30.3 Å². The van der Waals surface area contributed by atoms with Gasteiger partial charge in [-0.2, -0.15) is 0 Å². The first-order chi connectivity index (χ1) is 31.1. The quantitative estimate of drug-likeness (QED) is 0.0375. The number of methoxy groups -OCH3 is 1. The number of amides is 3. The van der Waals surface area contributed by atoms with Crippen molar-refractivity contribution < 1.29 is 24.2 Å². The summed E-state index contributed by atoms with van der Waals surface area (Å²) in [6, 6.07) is 38.9. The summed E-state index contributed by atoms with van der Waals surface area (Å²) in [7, 11) is 5.57. The van der Waals surface area contributed by atoms with Crippen LogP contribution >= 0.6 is 11.8 Å². The van der Waals surface area contributed by atoms with Gasteiger partial charge in [0.25, 0.3) is 17.1 Å². The summed E-state index contributed by atoms with van der Waals surface area (Å²) in [6.45, 7) is 2.70. The van der Waals surface area contributed by atoms with Crippen LogP contribution in [0.5, 0.6) is 11.5 Å². The van der Waals surface area contributed by atoms with Crippen LogP contribution in [0.2, 0.25) is 0 Å². The largest absolute Gasteiger partial charge is 0.506 e. The van der Waals surface area contributed by atoms with Crippen LogP contribution in [-0.2, 0) is 0 Å². The second kappa shape index (κ2) is 23.8. The van der Waals surface area contributed by atoms with Gasteiger partial charge in [0, 0.05) is 53.2 Å². The Morgan fingerprint density at radius 2 is 1.30 bits per heavy atom. The number of phenols is 1. The van der Waals surface area contributed by atoms with Gasteiger partial charge in [0.1, 0.15) is 11.5 Å². The number of rotatable bonds is 21. The highest BCUT2D eigenvalue weighted by Gasteiger charge is 2.23. The third kappa shape index (κ3) is 13.0. The minimum atomic E-state index is -0.487. The highest BCUT2D eigenvalue weighted by Crippen LogP contribution is 2.38. The summed E-state index contributed by atoms with van der Waals surface area (Å²) in [4.78, 5) is 45.8. The van der Waals surface area contributed by atoms with E-state index < -0.39 is 5.91 Å². The highest BCUT2D eigenvalue weighted by molar-refractivity contribution is 8.14. The van der Waals surface area contributed by atoms with E-state index in [9.17, 15) is 19.5 Å². The molecule has 0 aliphatic heterocycles. The van der Waals surface area contributed by atoms with Crippen molar-refractivity contribution in [3.8, 4) is 11.5 Å². The number of fused-ring (bicyclic) bond motifs is 1. The molecule has 3 N–H and O–H groups in total. The van der Waals surface area contributed by atoms with Crippen molar-refractivity contribution in [2.24, 2.45) is 0 Å². The molecule has 0 aliphatic rings. The van der Waals surface area contributed by atoms with E-state index in [0.29, 0.717) is 50.6 Å². The molecule has 6 aromatic carbocycles. The molecule has 0 saturated heterocycles. The van der Waals surface area contributed by atoms with Gasteiger partial charge >= 0.3 is 0 Å². The van der Waals surface area contributed by atoms with Crippen molar-refractivity contribution >= 4 is 74.5 Å². The molecule has 9 nitrogen and oxygen atoms in total. The van der Waals surface area contributed by atoms with Crippen LogP contribution < -0.4 is 25.2 Å². The molecule has 6 rings (SSSR count). The number of benzene rings is 6. The van der Waals surface area contributed by atoms with Crippen LogP contribution in [0.1, 0.15) is 103 Å². The van der Waals surface area contributed by atoms with Crippen LogP contribution in [0.25, 0.3) is 22.9 Å². The normalized spacial score (nSPS) is 11.1. The Labute approximate surface area is 382 Å². The molecule has 0 aliphatic carbocycles. The Hall–Kier alpha value is -6.52. The summed E-state index contributed by atoms with van der Waals surface area (Å²) < 4.78 is 5.40. The minimum absolute atomic E-state index is 0.0994. The molecule has 6 aromatic rings. The summed E-state index contributed by atoms with van der Waals surface area (Å²) in [6.07, 6.45) is 15.7. The number of anilines is 4. The van der Waals surface area contributed by atoms with Crippen LogP contribution in [0.4, 0.5) is 27.5 Å². The summed E-state index contributed by atoms with van der Waals surface area (Å²) in [5.74, 6) is -0.447. The van der Waals surface area contributed by atoms with Crippen molar-refractivity contribution in [1.82, 2.24) is 0 Å². The molecule has 0 radical (unpaired) electrons. The topological polar surface area (TPSA) is 111 Å². The third-order valence-electron chi connectivity index (χ3n) is 11.2. The molecular weight excluding hydrogens is 817 g/mol. The number of carbonyl (C=O) groups is 3. The lowest BCUT2D eigenvalue weighted by molar-refractivity contribution is 0.101. The van der Waals surface area contributed by atoms with Crippen LogP contribution in [0, 0.1) is 0 Å². The van der Waals surface area contributed by atoms with Gasteiger partial charge in [-0.05, 0) is 96.0 Å². The molecular formula is C54H60N4O5S. The molecule has 0 heterocycles. The number of ether oxygens (including phenoxy) is 1. The van der Waals surface area contributed by atoms with Gasteiger partial charge in [0.2, 0.25) is 0 Å². The summed E-state index contributed by atoms with van der Waals surface area (Å²) >= 11 is 1.06. The number of nitrogens with one attached hydrogen (secondary N) is 2. The number of thioether (sulfide) groups is 1. The zero-order valence-corrected chi connectivity index (χ0v) is 38.3. The second-order valence-electron chi connectivity index (χ2n) is 16.1. The van der Waals surface area contributed by atoms with Crippen molar-refractivity contribution in [2.45, 2.75) is 76.0 Å². The van der Waals surface area contributed by atoms with Gasteiger partial charge in [-0.3, -0.25) is 14.4 Å². The van der Waals surface area contributed by atoms with E-state index in [0.717, 1.165) is 47.8 Å². The van der Waals surface area contributed by atoms with Crippen molar-refractivity contribution in [3.63, 3.8) is 0 Å². The number of nitrogens with zero attached hydrogens (tertiary/aromatic N) is 2. The van der Waals surface area contributed by atoms with Crippen LogP contribution in [0.3, 0.4) is 0 Å². The monoisotopic (exact) mass is 876 g/mol. The first-order valence-electron chi connectivity index (χ1n) is 22.3. The molecule has 332 valence electrons. The van der Waals surface area contributed by atoms with Gasteiger partial charge in [-0.25, -0.2) is 0 Å². The van der Waals surface area contributed by atoms with E-state index in [2.05, 4.69) is 52.8 Å². The van der Waals surface area contributed by atoms with E-state index in [4.69, 9.17) is 4.74 Å². The van der Waals surface area contributed by atoms with Crippen molar-refractivity contribution in [1.29, 1.82) is 0 Å². The van der Waals surface area contributed by atoms with Crippen LogP contribution in [0.15, 0.2) is 132 Å². The number of aromatic hydroxyl groups is 1. The average Bonchev–Trinajstić information content (AvgIpc) is 3.31. The lowest BCUT2D eigenvalue weighted by atomic mass is 10.0. The first kappa shape index (κ1) is 47.0. The lowest BCUT2D eigenvalue weighted by Crippen LogP contribution is -2.28. The molecule has 0 spiro atoms. The second-order valence-corrected chi connectivity index (χ2v) is 17.1. The predicted octanol–water partition coefficient (Wildman–Crippen LogP) is 13.9. The highest BCUT2D eigenvalue weighted by atomic mass is 32.2. The number of unbranched alkanes of at least 4 members (excludes halogenated alkanes) is 9. The zero-order chi connectivity index (χ0) is 45.3. The van der Waals surface area contributed by atoms with Gasteiger partial charge in [0.05, 0.1) is 24.0 Å². The van der Waals surface area contributed by atoms with Gasteiger partial charge in [-0.15, -0.1) is 0 Å². The maximum atomic E-state index is 14.4. The molecule has 0 aromatic heterocycles. The molecule has 0 atom stereocenters. The number of carbonyl (C=O) groups excluding carboxylic acids is 3. The fourth-order valence-corrected chi connectivity index (χ4v) is 8.40. The smallest absolute Gasteiger partial charge is 0.290 e. The fraction of sp³-hybridized carbons (Fsp3) is 0.278.